The van der Waals surface area contributed by atoms with Crippen LogP contribution in [0.25, 0.3) is 0 Å². The highest BCUT2D eigenvalue weighted by molar-refractivity contribution is 7.89. The van der Waals surface area contributed by atoms with Gasteiger partial charge in [0.25, 0.3) is 5.91 Å². The summed E-state index contributed by atoms with van der Waals surface area (Å²) in [5, 5.41) is 3.23. The predicted molar refractivity (Wildman–Crippen MR) is 103 cm³/mol. The molecule has 0 saturated carbocycles. The second kappa shape index (κ2) is 7.83. The summed E-state index contributed by atoms with van der Waals surface area (Å²) >= 11 is 1.30. The molecular formula is C17H21N3O5S2. The van der Waals surface area contributed by atoms with Gasteiger partial charge in [-0.3, -0.25) is 10.1 Å². The molecule has 0 radical (unpaired) electrons. The number of amides is 1. The van der Waals surface area contributed by atoms with E-state index in [0.717, 1.165) is 10.6 Å². The van der Waals surface area contributed by atoms with E-state index in [0.29, 0.717) is 41.7 Å². The van der Waals surface area contributed by atoms with Crippen LogP contribution < -0.4 is 14.8 Å². The summed E-state index contributed by atoms with van der Waals surface area (Å²) in [7, 11) is -0.204. The summed E-state index contributed by atoms with van der Waals surface area (Å²) in [4.78, 5) is 17.8. The topological polar surface area (TPSA) is 97.8 Å². The molecule has 2 heterocycles. The zero-order valence-electron chi connectivity index (χ0n) is 15.3. The normalized spacial score (nSPS) is 14.5. The molecule has 2 aromatic rings. The van der Waals surface area contributed by atoms with Gasteiger partial charge in [-0.25, -0.2) is 13.4 Å². The van der Waals surface area contributed by atoms with E-state index < -0.39 is 10.0 Å². The van der Waals surface area contributed by atoms with E-state index in [1.165, 1.54) is 29.9 Å². The van der Waals surface area contributed by atoms with Gasteiger partial charge in [-0.1, -0.05) is 0 Å². The van der Waals surface area contributed by atoms with Gasteiger partial charge in [0.15, 0.2) is 16.6 Å². The van der Waals surface area contributed by atoms with Crippen molar-refractivity contribution in [3.63, 3.8) is 0 Å². The van der Waals surface area contributed by atoms with Crippen LogP contribution in [-0.2, 0) is 23.0 Å². The molecule has 0 bridgehead atoms. The van der Waals surface area contributed by atoms with Crippen molar-refractivity contribution in [2.75, 3.05) is 31.8 Å². The molecule has 3 rings (SSSR count). The van der Waals surface area contributed by atoms with Crippen LogP contribution in [0.1, 0.15) is 27.9 Å². The maximum atomic E-state index is 12.5. The average molecular weight is 412 g/mol. The summed E-state index contributed by atoms with van der Waals surface area (Å²) in [6.07, 6.45) is 0.539. The SMILES string of the molecule is CCS(=O)(=O)N1CCc2nc(NC(=O)c3ccc(OC)c(OC)c3)sc2C1. The first-order chi connectivity index (χ1) is 12.9. The molecule has 1 aliphatic rings. The van der Waals surface area contributed by atoms with Crippen LogP contribution in [0.15, 0.2) is 18.2 Å². The molecule has 0 aliphatic carbocycles. The Morgan fingerprint density at radius 1 is 1.30 bits per heavy atom. The molecule has 1 amide bonds. The van der Waals surface area contributed by atoms with Crippen LogP contribution in [0.5, 0.6) is 11.5 Å². The first kappa shape index (κ1) is 19.6. The molecule has 1 N–H and O–H groups in total. The fourth-order valence-corrected chi connectivity index (χ4v) is 4.95. The summed E-state index contributed by atoms with van der Waals surface area (Å²) < 4.78 is 36.0. The number of aromatic nitrogens is 1. The number of benzene rings is 1. The Labute approximate surface area is 162 Å². The molecule has 8 nitrogen and oxygen atoms in total. The van der Waals surface area contributed by atoms with Gasteiger partial charge in [0.2, 0.25) is 10.0 Å². The Kier molecular flexibility index (Phi) is 5.68. The fraction of sp³-hybridized carbons (Fsp3) is 0.412. The van der Waals surface area contributed by atoms with Crippen molar-refractivity contribution in [1.82, 2.24) is 9.29 Å². The van der Waals surface area contributed by atoms with Crippen molar-refractivity contribution in [2.45, 2.75) is 19.9 Å². The van der Waals surface area contributed by atoms with Gasteiger partial charge in [-0.15, -0.1) is 11.3 Å². The molecule has 1 aliphatic heterocycles. The van der Waals surface area contributed by atoms with E-state index in [1.807, 2.05) is 0 Å². The number of hydrogen-bond donors (Lipinski definition) is 1. The lowest BCUT2D eigenvalue weighted by Crippen LogP contribution is -2.36. The van der Waals surface area contributed by atoms with Crippen molar-refractivity contribution in [2.24, 2.45) is 0 Å². The Hall–Kier alpha value is -2.17. The average Bonchev–Trinajstić information content (AvgIpc) is 3.08. The summed E-state index contributed by atoms with van der Waals surface area (Å²) in [5.41, 5.74) is 1.25. The Balaban J connectivity index is 1.76. The second-order valence-electron chi connectivity index (χ2n) is 5.90. The zero-order valence-corrected chi connectivity index (χ0v) is 16.9. The van der Waals surface area contributed by atoms with Gasteiger partial charge >= 0.3 is 0 Å². The number of nitrogens with one attached hydrogen (secondary N) is 1. The highest BCUT2D eigenvalue weighted by Gasteiger charge is 2.28. The number of rotatable bonds is 6. The van der Waals surface area contributed by atoms with E-state index in [4.69, 9.17) is 9.47 Å². The standard InChI is InChI=1S/C17H21N3O5S2/c1-4-27(22,23)20-8-7-12-15(10-20)26-17(18-12)19-16(21)11-5-6-13(24-2)14(9-11)25-3/h5-6,9H,4,7-8,10H2,1-3H3,(H,18,19,21). The summed E-state index contributed by atoms with van der Waals surface area (Å²) in [6, 6.07) is 4.89. The minimum Gasteiger partial charge on any atom is -0.493 e. The van der Waals surface area contributed by atoms with Gasteiger partial charge in [0.05, 0.1) is 25.7 Å². The summed E-state index contributed by atoms with van der Waals surface area (Å²) in [6.45, 7) is 2.34. The highest BCUT2D eigenvalue weighted by atomic mass is 32.2. The lowest BCUT2D eigenvalue weighted by Gasteiger charge is -2.24. The Morgan fingerprint density at radius 3 is 2.70 bits per heavy atom. The number of sulfonamides is 1. The molecular weight excluding hydrogens is 390 g/mol. The molecule has 146 valence electrons. The van der Waals surface area contributed by atoms with E-state index in [1.54, 1.807) is 25.1 Å². The third kappa shape index (κ3) is 4.07. The molecule has 0 unspecified atom stereocenters. The van der Waals surface area contributed by atoms with Gasteiger partial charge in [-0.2, -0.15) is 4.31 Å². The molecule has 0 spiro atoms. The number of anilines is 1. The van der Waals surface area contributed by atoms with Crippen LogP contribution in [0.2, 0.25) is 0 Å². The van der Waals surface area contributed by atoms with Crippen LogP contribution in [0, 0.1) is 0 Å². The van der Waals surface area contributed by atoms with Crippen LogP contribution >= 0.6 is 11.3 Å². The van der Waals surface area contributed by atoms with Gasteiger partial charge < -0.3 is 9.47 Å². The lowest BCUT2D eigenvalue weighted by atomic mass is 10.2. The molecule has 10 heteroatoms. The lowest BCUT2D eigenvalue weighted by molar-refractivity contribution is 0.102. The van der Waals surface area contributed by atoms with Gasteiger partial charge in [0, 0.05) is 30.0 Å². The van der Waals surface area contributed by atoms with Crippen molar-refractivity contribution >= 4 is 32.4 Å². The smallest absolute Gasteiger partial charge is 0.257 e. The number of methoxy groups -OCH3 is 2. The molecule has 0 saturated heterocycles. The molecule has 27 heavy (non-hydrogen) atoms. The van der Waals surface area contributed by atoms with E-state index >= 15 is 0 Å². The molecule has 0 atom stereocenters. The number of carbonyl (C=O) groups excluding carboxylic acids is 1. The van der Waals surface area contributed by atoms with Crippen LogP contribution in [0.3, 0.4) is 0 Å². The van der Waals surface area contributed by atoms with Crippen molar-refractivity contribution < 1.29 is 22.7 Å². The third-order valence-corrected chi connectivity index (χ3v) is 7.15. The maximum absolute atomic E-state index is 12.5. The Bertz CT molecular complexity index is 955. The maximum Gasteiger partial charge on any atom is 0.257 e. The quantitative estimate of drug-likeness (QED) is 0.782. The van der Waals surface area contributed by atoms with Gasteiger partial charge in [0.1, 0.15) is 0 Å². The van der Waals surface area contributed by atoms with Crippen LogP contribution in [0.4, 0.5) is 5.13 Å². The zero-order chi connectivity index (χ0) is 19.6. The highest BCUT2D eigenvalue weighted by Crippen LogP contribution is 2.31. The van der Waals surface area contributed by atoms with Crippen LogP contribution in [-0.4, -0.2) is 50.1 Å². The number of carbonyl (C=O) groups is 1. The largest absolute Gasteiger partial charge is 0.493 e. The van der Waals surface area contributed by atoms with E-state index in [-0.39, 0.29) is 11.7 Å². The minimum absolute atomic E-state index is 0.0734. The molecule has 1 aromatic carbocycles. The third-order valence-electron chi connectivity index (χ3n) is 4.32. The first-order valence-corrected chi connectivity index (χ1v) is 10.8. The number of ether oxygens (including phenoxy) is 2. The predicted octanol–water partition coefficient (Wildman–Crippen LogP) is 2.12. The second-order valence-corrected chi connectivity index (χ2v) is 9.24. The first-order valence-electron chi connectivity index (χ1n) is 8.37. The number of thiazole rings is 1. The van der Waals surface area contributed by atoms with E-state index in [2.05, 4.69) is 10.3 Å². The van der Waals surface area contributed by atoms with Gasteiger partial charge in [-0.05, 0) is 25.1 Å². The number of fused-ring (bicyclic) bond motifs is 1. The van der Waals surface area contributed by atoms with E-state index in [9.17, 15) is 13.2 Å². The van der Waals surface area contributed by atoms with Crippen molar-refractivity contribution in [3.05, 3.63) is 34.3 Å². The number of nitrogens with zero attached hydrogens (tertiary/aromatic N) is 2. The minimum atomic E-state index is -3.24. The summed E-state index contributed by atoms with van der Waals surface area (Å²) in [5.74, 6) is 0.754. The molecule has 0 fully saturated rings. The monoisotopic (exact) mass is 411 g/mol. The van der Waals surface area contributed by atoms with Crippen molar-refractivity contribution in [1.29, 1.82) is 0 Å². The van der Waals surface area contributed by atoms with Crippen molar-refractivity contribution in [3.8, 4) is 11.5 Å². The number of hydrogen-bond acceptors (Lipinski definition) is 7. The molecule has 1 aromatic heterocycles. The fourth-order valence-electron chi connectivity index (χ4n) is 2.79. The Morgan fingerprint density at radius 2 is 2.04 bits per heavy atom.